The summed E-state index contributed by atoms with van der Waals surface area (Å²) in [5.74, 6) is 0.978. The molecule has 78 valence electrons. The lowest BCUT2D eigenvalue weighted by Crippen LogP contribution is -2.28. The normalized spacial score (nSPS) is 19.0. The fourth-order valence-corrected chi connectivity index (χ4v) is 1.21. The third kappa shape index (κ3) is 7.94. The van der Waals surface area contributed by atoms with E-state index in [4.69, 9.17) is 0 Å². The van der Waals surface area contributed by atoms with Crippen molar-refractivity contribution in [1.29, 1.82) is 0 Å². The lowest BCUT2D eigenvalue weighted by atomic mass is 10.00. The van der Waals surface area contributed by atoms with Crippen LogP contribution in [-0.4, -0.2) is 45.0 Å². The van der Waals surface area contributed by atoms with Gasteiger partial charge in [-0.1, -0.05) is 6.92 Å². The summed E-state index contributed by atoms with van der Waals surface area (Å²) in [5, 5.41) is 0. The number of hydrogen-bond donors (Lipinski definition) is 0. The summed E-state index contributed by atoms with van der Waals surface area (Å²) in [6.07, 6.45) is 3.51. The molecule has 0 aromatic rings. The van der Waals surface area contributed by atoms with E-state index in [2.05, 4.69) is 23.6 Å². The molecular weight excluding hydrogens is 166 g/mol. The highest BCUT2D eigenvalue weighted by Gasteiger charge is 2.10. The predicted octanol–water partition coefficient (Wildman–Crippen LogP) is 1.18. The molecule has 1 rings (SSSR count). The van der Waals surface area contributed by atoms with Crippen molar-refractivity contribution in [2.24, 2.45) is 5.92 Å². The van der Waals surface area contributed by atoms with Crippen LogP contribution in [0.15, 0.2) is 0 Å². The standard InChI is InChI=1S/C7H15N.C3H6O2/c1-7-3-5-8(2)6-4-7;1-5-3-2-4/h7H,3-6H2,1-2H3;2H,3H2,1H3. The first-order valence-corrected chi connectivity index (χ1v) is 4.81. The highest BCUT2D eigenvalue weighted by molar-refractivity contribution is 5.50. The lowest BCUT2D eigenvalue weighted by Gasteiger charge is -2.26. The largest absolute Gasteiger partial charge is 0.377 e. The molecule has 0 aromatic heterocycles. The molecule has 0 radical (unpaired) electrons. The smallest absolute Gasteiger partial charge is 0.145 e. The van der Waals surface area contributed by atoms with Gasteiger partial charge >= 0.3 is 0 Å². The van der Waals surface area contributed by atoms with Crippen LogP contribution in [0.3, 0.4) is 0 Å². The minimum atomic E-state index is 0.208. The highest BCUT2D eigenvalue weighted by Crippen LogP contribution is 2.13. The van der Waals surface area contributed by atoms with Gasteiger partial charge in [-0.2, -0.15) is 0 Å². The van der Waals surface area contributed by atoms with Crippen molar-refractivity contribution in [1.82, 2.24) is 4.90 Å². The molecule has 1 aliphatic rings. The van der Waals surface area contributed by atoms with Gasteiger partial charge in [0.05, 0.1) is 0 Å². The first kappa shape index (κ1) is 12.6. The van der Waals surface area contributed by atoms with Gasteiger partial charge in [-0.15, -0.1) is 0 Å². The Bertz CT molecular complexity index is 110. The van der Waals surface area contributed by atoms with Crippen LogP contribution in [0.25, 0.3) is 0 Å². The Balaban J connectivity index is 0.000000252. The monoisotopic (exact) mass is 187 g/mol. The molecule has 1 aliphatic heterocycles. The number of likely N-dealkylation sites (tertiary alicyclic amines) is 1. The number of carbonyl (C=O) groups excluding carboxylic acids is 1. The second-order valence-electron chi connectivity index (χ2n) is 3.61. The number of hydrogen-bond acceptors (Lipinski definition) is 3. The molecule has 0 bridgehead atoms. The van der Waals surface area contributed by atoms with Crippen LogP contribution in [-0.2, 0) is 9.53 Å². The maximum Gasteiger partial charge on any atom is 0.145 e. The molecule has 0 aromatic carbocycles. The summed E-state index contributed by atoms with van der Waals surface area (Å²) in [5.41, 5.74) is 0. The number of piperidine rings is 1. The van der Waals surface area contributed by atoms with Gasteiger partial charge in [0.2, 0.25) is 0 Å². The first-order valence-electron chi connectivity index (χ1n) is 4.81. The Hall–Kier alpha value is -0.410. The minimum absolute atomic E-state index is 0.208. The van der Waals surface area contributed by atoms with E-state index < -0.39 is 0 Å². The Labute approximate surface area is 81.1 Å². The molecule has 0 N–H and O–H groups in total. The Morgan fingerprint density at radius 2 is 2.00 bits per heavy atom. The van der Waals surface area contributed by atoms with Gasteiger partial charge in [0.25, 0.3) is 0 Å². The summed E-state index contributed by atoms with van der Waals surface area (Å²) < 4.78 is 4.32. The van der Waals surface area contributed by atoms with Crippen LogP contribution in [0, 0.1) is 5.92 Å². The number of carbonyl (C=O) groups is 1. The number of aldehydes is 1. The van der Waals surface area contributed by atoms with Gasteiger partial charge in [0.1, 0.15) is 12.9 Å². The van der Waals surface area contributed by atoms with Gasteiger partial charge in [0, 0.05) is 7.11 Å². The molecule has 3 nitrogen and oxygen atoms in total. The molecule has 0 spiro atoms. The summed E-state index contributed by atoms with van der Waals surface area (Å²) >= 11 is 0. The predicted molar refractivity (Wildman–Crippen MR) is 53.8 cm³/mol. The van der Waals surface area contributed by atoms with Crippen LogP contribution in [0.2, 0.25) is 0 Å². The molecule has 3 heteroatoms. The van der Waals surface area contributed by atoms with Gasteiger partial charge < -0.3 is 14.4 Å². The van der Waals surface area contributed by atoms with E-state index in [9.17, 15) is 4.79 Å². The van der Waals surface area contributed by atoms with Crippen molar-refractivity contribution in [3.63, 3.8) is 0 Å². The van der Waals surface area contributed by atoms with Gasteiger partial charge in [-0.3, -0.25) is 0 Å². The first-order chi connectivity index (χ1) is 6.20. The molecule has 0 atom stereocenters. The third-order valence-electron chi connectivity index (χ3n) is 2.24. The number of nitrogens with zero attached hydrogens (tertiary/aromatic N) is 1. The second-order valence-corrected chi connectivity index (χ2v) is 3.61. The molecule has 0 aliphatic carbocycles. The zero-order chi connectivity index (χ0) is 10.1. The van der Waals surface area contributed by atoms with E-state index >= 15 is 0 Å². The van der Waals surface area contributed by atoms with Gasteiger partial charge in [-0.05, 0) is 38.9 Å². The maximum absolute atomic E-state index is 9.28. The van der Waals surface area contributed by atoms with Crippen LogP contribution >= 0.6 is 0 Å². The second kappa shape index (κ2) is 8.20. The topological polar surface area (TPSA) is 29.5 Å². The molecule has 1 heterocycles. The molecule has 13 heavy (non-hydrogen) atoms. The molecule has 0 unspecified atom stereocenters. The van der Waals surface area contributed by atoms with Crippen LogP contribution < -0.4 is 0 Å². The van der Waals surface area contributed by atoms with Crippen LogP contribution in [0.4, 0.5) is 0 Å². The SMILES string of the molecule is CC1CCN(C)CC1.COCC=O. The van der Waals surface area contributed by atoms with E-state index in [1.807, 2.05) is 0 Å². The maximum atomic E-state index is 9.28. The summed E-state index contributed by atoms with van der Waals surface area (Å²) in [7, 11) is 3.68. The number of rotatable bonds is 2. The summed E-state index contributed by atoms with van der Waals surface area (Å²) in [4.78, 5) is 11.7. The van der Waals surface area contributed by atoms with Crippen molar-refractivity contribution in [2.75, 3.05) is 33.9 Å². The minimum Gasteiger partial charge on any atom is -0.377 e. The fourth-order valence-electron chi connectivity index (χ4n) is 1.21. The van der Waals surface area contributed by atoms with Crippen molar-refractivity contribution in [2.45, 2.75) is 19.8 Å². The van der Waals surface area contributed by atoms with E-state index in [-0.39, 0.29) is 6.61 Å². The summed E-state index contributed by atoms with van der Waals surface area (Å²) in [6, 6.07) is 0. The molecule has 0 amide bonds. The van der Waals surface area contributed by atoms with E-state index in [1.165, 1.54) is 33.0 Å². The van der Waals surface area contributed by atoms with Crippen molar-refractivity contribution >= 4 is 6.29 Å². The van der Waals surface area contributed by atoms with Gasteiger partial charge in [0.15, 0.2) is 0 Å². The average molecular weight is 187 g/mol. The Kier molecular flexibility index (Phi) is 7.94. The summed E-state index contributed by atoms with van der Waals surface area (Å²) in [6.45, 7) is 5.16. The zero-order valence-electron chi connectivity index (χ0n) is 8.95. The average Bonchev–Trinajstić information content (AvgIpc) is 2.13. The van der Waals surface area contributed by atoms with Gasteiger partial charge in [-0.25, -0.2) is 0 Å². The Morgan fingerprint density at radius 3 is 2.23 bits per heavy atom. The van der Waals surface area contributed by atoms with Crippen molar-refractivity contribution in [3.05, 3.63) is 0 Å². The highest BCUT2D eigenvalue weighted by atomic mass is 16.5. The number of methoxy groups -OCH3 is 1. The van der Waals surface area contributed by atoms with E-state index in [0.717, 1.165) is 5.92 Å². The molecular formula is C10H21NO2. The van der Waals surface area contributed by atoms with E-state index in [0.29, 0.717) is 6.29 Å². The molecule has 0 saturated carbocycles. The fraction of sp³-hybridized carbons (Fsp3) is 0.900. The quantitative estimate of drug-likeness (QED) is 0.608. The van der Waals surface area contributed by atoms with Crippen molar-refractivity contribution < 1.29 is 9.53 Å². The van der Waals surface area contributed by atoms with E-state index in [1.54, 1.807) is 0 Å². The third-order valence-corrected chi connectivity index (χ3v) is 2.24. The van der Waals surface area contributed by atoms with Crippen molar-refractivity contribution in [3.8, 4) is 0 Å². The van der Waals surface area contributed by atoms with Crippen LogP contribution in [0.1, 0.15) is 19.8 Å². The Morgan fingerprint density at radius 1 is 1.46 bits per heavy atom. The van der Waals surface area contributed by atoms with Crippen LogP contribution in [0.5, 0.6) is 0 Å². The lowest BCUT2D eigenvalue weighted by molar-refractivity contribution is -0.110. The molecule has 1 fully saturated rings. The number of ether oxygens (including phenoxy) is 1. The molecule has 1 saturated heterocycles. The zero-order valence-corrected chi connectivity index (χ0v) is 8.95.